The summed E-state index contributed by atoms with van der Waals surface area (Å²) in [6, 6.07) is 7.25. The van der Waals surface area contributed by atoms with Crippen molar-refractivity contribution in [1.29, 1.82) is 0 Å². The van der Waals surface area contributed by atoms with Crippen molar-refractivity contribution in [2.45, 2.75) is 37.0 Å². The third-order valence-electron chi connectivity index (χ3n) is 4.09. The molecule has 2 rings (SSSR count). The molecule has 0 unspecified atom stereocenters. The molecule has 2 aromatic rings. The second-order valence-electron chi connectivity index (χ2n) is 6.49. The summed E-state index contributed by atoms with van der Waals surface area (Å²) in [6.07, 6.45) is -11.4. The van der Waals surface area contributed by atoms with Crippen molar-refractivity contribution in [3.8, 4) is 0 Å². The zero-order chi connectivity index (χ0) is 24.7. The van der Waals surface area contributed by atoms with Crippen LogP contribution in [-0.4, -0.2) is 34.5 Å². The monoisotopic (exact) mass is 472 g/mol. The van der Waals surface area contributed by atoms with Crippen LogP contribution in [0, 0.1) is 11.6 Å². The van der Waals surface area contributed by atoms with Crippen LogP contribution in [0.4, 0.5) is 35.1 Å². The second kappa shape index (κ2) is 10.9. The molecule has 4 nitrogen and oxygen atoms in total. The fourth-order valence-corrected chi connectivity index (χ4v) is 2.58. The third-order valence-corrected chi connectivity index (χ3v) is 4.09. The van der Waals surface area contributed by atoms with E-state index in [1.165, 1.54) is 0 Å². The van der Waals surface area contributed by atoms with Crippen LogP contribution in [0.25, 0.3) is 0 Å². The molecule has 2 N–H and O–H groups in total. The Bertz CT molecular complexity index is 814. The molecule has 0 fully saturated rings. The summed E-state index contributed by atoms with van der Waals surface area (Å²) in [5.41, 5.74) is -0.507. The van der Waals surface area contributed by atoms with Gasteiger partial charge in [0.2, 0.25) is 0 Å². The SMILES string of the molecule is O=C(O)C[C@H](c1ccc(F)cc1)C(F)(F)F.O=C(O)C[C@H](c1ccc(F)cc1)C(F)(F)F. The summed E-state index contributed by atoms with van der Waals surface area (Å²) in [4.78, 5) is 20.6. The lowest BCUT2D eigenvalue weighted by atomic mass is 9.95. The maximum absolute atomic E-state index is 12.5. The van der Waals surface area contributed by atoms with Gasteiger partial charge < -0.3 is 10.2 Å². The first-order valence-electron chi connectivity index (χ1n) is 8.69. The molecule has 0 aliphatic carbocycles. The molecule has 0 aliphatic heterocycles. The number of alkyl halides is 6. The summed E-state index contributed by atoms with van der Waals surface area (Å²) >= 11 is 0. The van der Waals surface area contributed by atoms with Gasteiger partial charge in [-0.2, -0.15) is 26.3 Å². The predicted octanol–water partition coefficient (Wildman–Crippen LogP) is 5.89. The lowest BCUT2D eigenvalue weighted by molar-refractivity contribution is -0.163. The smallest absolute Gasteiger partial charge is 0.396 e. The van der Waals surface area contributed by atoms with E-state index in [0.717, 1.165) is 48.5 Å². The van der Waals surface area contributed by atoms with Gasteiger partial charge in [0, 0.05) is 0 Å². The fourth-order valence-electron chi connectivity index (χ4n) is 2.58. The van der Waals surface area contributed by atoms with Gasteiger partial charge in [0.05, 0.1) is 24.7 Å². The molecule has 2 aromatic carbocycles. The molecule has 0 bridgehead atoms. The molecule has 0 amide bonds. The van der Waals surface area contributed by atoms with Crippen molar-refractivity contribution in [3.05, 3.63) is 71.3 Å². The average Bonchev–Trinajstić information content (AvgIpc) is 2.64. The standard InChI is InChI=1S/2C10H8F4O2/c2*11-7-3-1-6(2-4-7)8(5-9(15)16)10(12,13)14/h2*1-4,8H,5H2,(H,15,16)/t2*8-/m11/s1. The summed E-state index contributed by atoms with van der Waals surface area (Å²) in [6.45, 7) is 0. The topological polar surface area (TPSA) is 74.6 Å². The molecule has 176 valence electrons. The molecule has 0 spiro atoms. The van der Waals surface area contributed by atoms with Crippen LogP contribution in [0.1, 0.15) is 35.8 Å². The van der Waals surface area contributed by atoms with Gasteiger partial charge in [-0.15, -0.1) is 0 Å². The first-order valence-corrected chi connectivity index (χ1v) is 8.69. The zero-order valence-corrected chi connectivity index (χ0v) is 15.9. The van der Waals surface area contributed by atoms with Crippen LogP contribution in [0.2, 0.25) is 0 Å². The molecule has 32 heavy (non-hydrogen) atoms. The Morgan fingerprint density at radius 3 is 1.06 bits per heavy atom. The van der Waals surface area contributed by atoms with Crippen molar-refractivity contribution in [2.75, 3.05) is 0 Å². The minimum atomic E-state index is -4.66. The molecule has 0 radical (unpaired) electrons. The van der Waals surface area contributed by atoms with Gasteiger partial charge in [-0.25, -0.2) is 8.78 Å². The van der Waals surface area contributed by atoms with E-state index in [1.54, 1.807) is 0 Å². The van der Waals surface area contributed by atoms with E-state index in [1.807, 2.05) is 0 Å². The largest absolute Gasteiger partial charge is 0.481 e. The molecule has 0 aromatic heterocycles. The lowest BCUT2D eigenvalue weighted by Crippen LogP contribution is -2.23. The molecular formula is C20H16F8O4. The third kappa shape index (κ3) is 8.90. The van der Waals surface area contributed by atoms with E-state index in [4.69, 9.17) is 10.2 Å². The zero-order valence-electron chi connectivity index (χ0n) is 15.9. The summed E-state index contributed by atoms with van der Waals surface area (Å²) in [5.74, 6) is -8.64. The van der Waals surface area contributed by atoms with E-state index in [2.05, 4.69) is 0 Å². The number of halogens is 8. The van der Waals surface area contributed by atoms with Crippen molar-refractivity contribution in [3.63, 3.8) is 0 Å². The molecule has 12 heteroatoms. The average molecular weight is 472 g/mol. The normalized spacial score (nSPS) is 13.5. The van der Waals surface area contributed by atoms with Crippen molar-refractivity contribution < 1.29 is 54.9 Å². The van der Waals surface area contributed by atoms with Crippen molar-refractivity contribution >= 4 is 11.9 Å². The van der Waals surface area contributed by atoms with Crippen LogP contribution in [0.3, 0.4) is 0 Å². The van der Waals surface area contributed by atoms with E-state index < -0.39 is 60.6 Å². The lowest BCUT2D eigenvalue weighted by Gasteiger charge is -2.18. The Balaban J connectivity index is 0.000000320. The maximum Gasteiger partial charge on any atom is 0.396 e. The van der Waals surface area contributed by atoms with E-state index in [0.29, 0.717) is 0 Å². The van der Waals surface area contributed by atoms with Crippen LogP contribution >= 0.6 is 0 Å². The highest BCUT2D eigenvalue weighted by Gasteiger charge is 2.42. The highest BCUT2D eigenvalue weighted by atomic mass is 19.4. The number of carbonyl (C=O) groups is 2. The van der Waals surface area contributed by atoms with Gasteiger partial charge in [-0.3, -0.25) is 9.59 Å². The fraction of sp³-hybridized carbons (Fsp3) is 0.300. The number of hydrogen-bond donors (Lipinski definition) is 2. The van der Waals surface area contributed by atoms with Crippen LogP contribution in [0.15, 0.2) is 48.5 Å². The Kier molecular flexibility index (Phi) is 9.16. The number of aliphatic carboxylic acids is 2. The highest BCUT2D eigenvalue weighted by Crippen LogP contribution is 2.38. The number of rotatable bonds is 6. The van der Waals surface area contributed by atoms with E-state index in [-0.39, 0.29) is 11.1 Å². The minimum absolute atomic E-state index is 0.253. The Morgan fingerprint density at radius 1 is 0.625 bits per heavy atom. The highest BCUT2D eigenvalue weighted by molar-refractivity contribution is 5.68. The van der Waals surface area contributed by atoms with Crippen LogP contribution in [0.5, 0.6) is 0 Å². The molecule has 0 saturated carbocycles. The quantitative estimate of drug-likeness (QED) is 0.514. The number of carboxylic acid groups (broad SMARTS) is 2. The van der Waals surface area contributed by atoms with Gasteiger partial charge in [-0.05, 0) is 35.4 Å². The molecule has 0 aliphatic rings. The first kappa shape index (κ1) is 26.9. The van der Waals surface area contributed by atoms with Gasteiger partial charge in [0.15, 0.2) is 0 Å². The summed E-state index contributed by atoms with van der Waals surface area (Å²) in [5, 5.41) is 16.8. The van der Waals surface area contributed by atoms with Gasteiger partial charge in [-0.1, -0.05) is 24.3 Å². The van der Waals surface area contributed by atoms with Gasteiger partial charge in [0.1, 0.15) is 11.6 Å². The molecule has 0 saturated heterocycles. The van der Waals surface area contributed by atoms with E-state index in [9.17, 15) is 44.7 Å². The number of hydrogen-bond acceptors (Lipinski definition) is 2. The Hall–Kier alpha value is -3.18. The van der Waals surface area contributed by atoms with E-state index >= 15 is 0 Å². The Labute approximate surface area is 176 Å². The van der Waals surface area contributed by atoms with Crippen molar-refractivity contribution in [1.82, 2.24) is 0 Å². The van der Waals surface area contributed by atoms with Crippen LogP contribution in [-0.2, 0) is 9.59 Å². The summed E-state index contributed by atoms with van der Waals surface area (Å²) < 4.78 is 100. The van der Waals surface area contributed by atoms with Crippen molar-refractivity contribution in [2.24, 2.45) is 0 Å². The minimum Gasteiger partial charge on any atom is -0.481 e. The molecule has 2 atom stereocenters. The van der Waals surface area contributed by atoms with Gasteiger partial charge >= 0.3 is 24.3 Å². The second-order valence-corrected chi connectivity index (χ2v) is 6.49. The number of carboxylic acids is 2. The number of benzene rings is 2. The Morgan fingerprint density at radius 2 is 0.875 bits per heavy atom. The summed E-state index contributed by atoms with van der Waals surface area (Å²) in [7, 11) is 0. The first-order chi connectivity index (χ1) is 14.6. The predicted molar refractivity (Wildman–Crippen MR) is 94.9 cm³/mol. The molecule has 0 heterocycles. The molecular weight excluding hydrogens is 456 g/mol. The van der Waals surface area contributed by atoms with Crippen LogP contribution < -0.4 is 0 Å². The van der Waals surface area contributed by atoms with Gasteiger partial charge in [0.25, 0.3) is 0 Å². The maximum atomic E-state index is 12.5.